The number of nitrogens with zero attached hydrogens (tertiary/aromatic N) is 1. The Morgan fingerprint density at radius 1 is 1.29 bits per heavy atom. The first-order valence-corrected chi connectivity index (χ1v) is 6.01. The van der Waals surface area contributed by atoms with Crippen LogP contribution in [0.2, 0.25) is 0 Å². The smallest absolute Gasteiger partial charge is 0.0991 e. The fourth-order valence-electron chi connectivity index (χ4n) is 1.93. The minimum atomic E-state index is 0.705. The van der Waals surface area contributed by atoms with Crippen LogP contribution in [0.5, 0.6) is 0 Å². The van der Waals surface area contributed by atoms with Gasteiger partial charge in [-0.25, -0.2) is 0 Å². The van der Waals surface area contributed by atoms with Gasteiger partial charge in [-0.15, -0.1) is 0 Å². The maximum absolute atomic E-state index is 8.69. The van der Waals surface area contributed by atoms with Crippen molar-refractivity contribution >= 4 is 5.69 Å². The summed E-state index contributed by atoms with van der Waals surface area (Å²) in [6, 6.07) is 9.70. The molecule has 2 rings (SSSR count). The van der Waals surface area contributed by atoms with Gasteiger partial charge in [0.25, 0.3) is 0 Å². The molecule has 0 saturated carbocycles. The van der Waals surface area contributed by atoms with E-state index in [1.165, 1.54) is 5.57 Å². The van der Waals surface area contributed by atoms with Crippen molar-refractivity contribution in [3.05, 3.63) is 41.5 Å². The molecule has 1 heterocycles. The van der Waals surface area contributed by atoms with Crippen LogP contribution in [0.4, 0.5) is 5.69 Å². The summed E-state index contributed by atoms with van der Waals surface area (Å²) in [6.07, 6.45) is 4.54. The van der Waals surface area contributed by atoms with E-state index < -0.39 is 0 Å². The summed E-state index contributed by atoms with van der Waals surface area (Å²) in [6.45, 7) is 3.06. The lowest BCUT2D eigenvalue weighted by Crippen LogP contribution is -2.21. The Bertz CT molecular complexity index is 426. The molecule has 0 unspecified atom stereocenters. The number of rotatable bonds is 4. The standard InChI is InChI=1S/C14H17N3/c15-11-13-1-3-14(4-2-13)17-10-7-12-5-8-16-9-6-12/h1-5,16-17H,6-10H2. The van der Waals surface area contributed by atoms with Crippen LogP contribution in [-0.2, 0) is 0 Å². The average Bonchev–Trinajstić information content (AvgIpc) is 2.41. The highest BCUT2D eigenvalue weighted by atomic mass is 14.9. The quantitative estimate of drug-likeness (QED) is 0.776. The third-order valence-electron chi connectivity index (χ3n) is 2.95. The van der Waals surface area contributed by atoms with Gasteiger partial charge < -0.3 is 10.6 Å². The Balaban J connectivity index is 1.77. The molecule has 1 aliphatic rings. The Labute approximate surface area is 102 Å². The molecule has 0 saturated heterocycles. The first-order valence-electron chi connectivity index (χ1n) is 6.01. The summed E-state index contributed by atoms with van der Waals surface area (Å²) in [7, 11) is 0. The van der Waals surface area contributed by atoms with Gasteiger partial charge in [-0.3, -0.25) is 0 Å². The number of hydrogen-bond donors (Lipinski definition) is 2. The highest BCUT2D eigenvalue weighted by Gasteiger charge is 2.02. The third kappa shape index (κ3) is 3.61. The molecule has 1 aromatic rings. The van der Waals surface area contributed by atoms with Crippen LogP contribution in [0.15, 0.2) is 35.9 Å². The highest BCUT2D eigenvalue weighted by molar-refractivity contribution is 5.47. The van der Waals surface area contributed by atoms with Crippen LogP contribution in [0.1, 0.15) is 18.4 Å². The molecule has 0 amide bonds. The molecule has 0 aliphatic carbocycles. The van der Waals surface area contributed by atoms with Gasteiger partial charge in [0.15, 0.2) is 0 Å². The topological polar surface area (TPSA) is 47.9 Å². The molecule has 0 atom stereocenters. The number of anilines is 1. The lowest BCUT2D eigenvalue weighted by Gasteiger charge is -2.14. The van der Waals surface area contributed by atoms with E-state index in [9.17, 15) is 0 Å². The summed E-state index contributed by atoms with van der Waals surface area (Å²) in [5.74, 6) is 0. The van der Waals surface area contributed by atoms with Gasteiger partial charge in [0.05, 0.1) is 11.6 Å². The predicted molar refractivity (Wildman–Crippen MR) is 69.8 cm³/mol. The van der Waals surface area contributed by atoms with E-state index >= 15 is 0 Å². The van der Waals surface area contributed by atoms with Crippen molar-refractivity contribution in [2.45, 2.75) is 12.8 Å². The molecule has 0 bridgehead atoms. The van der Waals surface area contributed by atoms with Crippen LogP contribution in [0, 0.1) is 11.3 Å². The zero-order valence-electron chi connectivity index (χ0n) is 9.87. The summed E-state index contributed by atoms with van der Waals surface area (Å²) >= 11 is 0. The molecule has 2 N–H and O–H groups in total. The molecule has 3 nitrogen and oxygen atoms in total. The summed E-state index contributed by atoms with van der Waals surface area (Å²) in [5, 5.41) is 15.4. The molecule has 1 aliphatic heterocycles. The van der Waals surface area contributed by atoms with Gasteiger partial charge in [-0.05, 0) is 43.7 Å². The first-order chi connectivity index (χ1) is 8.38. The molecule has 0 aromatic heterocycles. The monoisotopic (exact) mass is 227 g/mol. The maximum atomic E-state index is 8.69. The zero-order valence-corrected chi connectivity index (χ0v) is 9.87. The first kappa shape index (κ1) is 11.7. The van der Waals surface area contributed by atoms with E-state index in [2.05, 4.69) is 22.8 Å². The van der Waals surface area contributed by atoms with Crippen molar-refractivity contribution in [1.29, 1.82) is 5.26 Å². The predicted octanol–water partition coefficient (Wildman–Crippen LogP) is 2.28. The van der Waals surface area contributed by atoms with E-state index in [1.54, 1.807) is 0 Å². The molecule has 3 heteroatoms. The molecule has 0 fully saturated rings. The van der Waals surface area contributed by atoms with Crippen LogP contribution in [0.25, 0.3) is 0 Å². The fraction of sp³-hybridized carbons (Fsp3) is 0.357. The van der Waals surface area contributed by atoms with Crippen LogP contribution in [-0.4, -0.2) is 19.6 Å². The molecule has 1 aromatic carbocycles. The Hall–Kier alpha value is -1.79. The van der Waals surface area contributed by atoms with Crippen molar-refractivity contribution in [2.75, 3.05) is 25.0 Å². The molecule has 17 heavy (non-hydrogen) atoms. The second kappa shape index (κ2) is 6.07. The molecule has 0 radical (unpaired) electrons. The minimum absolute atomic E-state index is 0.705. The van der Waals surface area contributed by atoms with Gasteiger partial charge in [-0.2, -0.15) is 5.26 Å². The number of hydrogen-bond acceptors (Lipinski definition) is 3. The lowest BCUT2D eigenvalue weighted by atomic mass is 10.1. The highest BCUT2D eigenvalue weighted by Crippen LogP contribution is 2.12. The average molecular weight is 227 g/mol. The second-order valence-electron chi connectivity index (χ2n) is 4.18. The SMILES string of the molecule is N#Cc1ccc(NCCC2=CCNCC2)cc1. The number of nitrogens with one attached hydrogen (secondary N) is 2. The largest absolute Gasteiger partial charge is 0.385 e. The summed E-state index contributed by atoms with van der Waals surface area (Å²) in [4.78, 5) is 0. The Kier molecular flexibility index (Phi) is 4.17. The second-order valence-corrected chi connectivity index (χ2v) is 4.18. The Morgan fingerprint density at radius 2 is 2.12 bits per heavy atom. The van der Waals surface area contributed by atoms with E-state index in [4.69, 9.17) is 5.26 Å². The number of nitriles is 1. The van der Waals surface area contributed by atoms with Crippen molar-refractivity contribution in [3.63, 3.8) is 0 Å². The van der Waals surface area contributed by atoms with Crippen molar-refractivity contribution in [1.82, 2.24) is 5.32 Å². The van der Waals surface area contributed by atoms with Crippen LogP contribution in [0.3, 0.4) is 0 Å². The zero-order chi connectivity index (χ0) is 11.9. The molecule has 0 spiro atoms. The third-order valence-corrected chi connectivity index (χ3v) is 2.95. The minimum Gasteiger partial charge on any atom is -0.385 e. The summed E-state index contributed by atoms with van der Waals surface area (Å²) in [5.41, 5.74) is 3.32. The van der Waals surface area contributed by atoms with Crippen molar-refractivity contribution in [3.8, 4) is 6.07 Å². The van der Waals surface area contributed by atoms with Crippen LogP contribution >= 0.6 is 0 Å². The van der Waals surface area contributed by atoms with Gasteiger partial charge in [0.1, 0.15) is 0 Å². The van der Waals surface area contributed by atoms with E-state index in [0.29, 0.717) is 5.56 Å². The molecular formula is C14H17N3. The van der Waals surface area contributed by atoms with Gasteiger partial charge in [0, 0.05) is 18.8 Å². The normalized spacial score (nSPS) is 14.9. The summed E-state index contributed by atoms with van der Waals surface area (Å²) < 4.78 is 0. The number of benzene rings is 1. The van der Waals surface area contributed by atoms with Gasteiger partial charge in [0.2, 0.25) is 0 Å². The fourth-order valence-corrected chi connectivity index (χ4v) is 1.93. The maximum Gasteiger partial charge on any atom is 0.0991 e. The van der Waals surface area contributed by atoms with Gasteiger partial charge in [-0.1, -0.05) is 11.6 Å². The van der Waals surface area contributed by atoms with Crippen molar-refractivity contribution < 1.29 is 0 Å². The van der Waals surface area contributed by atoms with E-state index in [1.807, 2.05) is 24.3 Å². The molecule has 88 valence electrons. The Morgan fingerprint density at radius 3 is 2.76 bits per heavy atom. The lowest BCUT2D eigenvalue weighted by molar-refractivity contribution is 0.683. The molecular weight excluding hydrogens is 210 g/mol. The van der Waals surface area contributed by atoms with Crippen molar-refractivity contribution in [2.24, 2.45) is 0 Å². The van der Waals surface area contributed by atoms with E-state index in [-0.39, 0.29) is 0 Å². The van der Waals surface area contributed by atoms with E-state index in [0.717, 1.165) is 38.2 Å². The van der Waals surface area contributed by atoms with Crippen LogP contribution < -0.4 is 10.6 Å². The van der Waals surface area contributed by atoms with Gasteiger partial charge >= 0.3 is 0 Å².